The summed E-state index contributed by atoms with van der Waals surface area (Å²) in [4.78, 5) is 0. The van der Waals surface area contributed by atoms with Gasteiger partial charge in [0.05, 0.1) is 0 Å². The van der Waals surface area contributed by atoms with Gasteiger partial charge in [-0.3, -0.25) is 0 Å². The van der Waals surface area contributed by atoms with Crippen molar-refractivity contribution in [1.29, 1.82) is 0 Å². The lowest BCUT2D eigenvalue weighted by molar-refractivity contribution is 0.588. The van der Waals surface area contributed by atoms with Crippen molar-refractivity contribution in [2.45, 2.75) is 33.0 Å². The molecule has 0 aliphatic rings. The van der Waals surface area contributed by atoms with E-state index >= 15 is 0 Å². The number of nitrogens with one attached hydrogen (secondary N) is 1. The number of hydrogen-bond donors (Lipinski definition) is 1. The summed E-state index contributed by atoms with van der Waals surface area (Å²) < 4.78 is 2.20. The van der Waals surface area contributed by atoms with E-state index in [4.69, 9.17) is 11.6 Å². The Hall–Kier alpha value is -1.25. The first kappa shape index (κ1) is 13.2. The van der Waals surface area contributed by atoms with Crippen molar-refractivity contribution in [3.63, 3.8) is 0 Å². The normalized spacial score (nSPS) is 11.1. The van der Waals surface area contributed by atoms with Crippen molar-refractivity contribution in [2.24, 2.45) is 0 Å². The molecule has 1 N–H and O–H groups in total. The third-order valence-corrected chi connectivity index (χ3v) is 3.06. The highest BCUT2D eigenvalue weighted by Crippen LogP contribution is 2.11. The second-order valence-corrected chi connectivity index (χ2v) is 5.29. The number of rotatable bonds is 5. The fraction of sp³-hybridized carbons (Fsp3) is 0.333. The average Bonchev–Trinajstić information content (AvgIpc) is 2.77. The van der Waals surface area contributed by atoms with Crippen LogP contribution in [-0.2, 0) is 13.1 Å². The smallest absolute Gasteiger partial charge is 0.0470 e. The Morgan fingerprint density at radius 1 is 1.11 bits per heavy atom. The first-order valence-corrected chi connectivity index (χ1v) is 6.64. The van der Waals surface area contributed by atoms with E-state index < -0.39 is 0 Å². The van der Waals surface area contributed by atoms with Crippen LogP contribution in [0.25, 0.3) is 0 Å². The lowest BCUT2D eigenvalue weighted by Gasteiger charge is -2.06. The van der Waals surface area contributed by atoms with Crippen LogP contribution in [0.5, 0.6) is 0 Å². The molecule has 0 amide bonds. The molecule has 1 heterocycles. The molecule has 0 radical (unpaired) electrons. The molecule has 2 aromatic rings. The van der Waals surface area contributed by atoms with Crippen LogP contribution in [0, 0.1) is 0 Å². The number of hydrogen-bond acceptors (Lipinski definition) is 1. The van der Waals surface area contributed by atoms with E-state index in [1.165, 1.54) is 11.1 Å². The van der Waals surface area contributed by atoms with Crippen molar-refractivity contribution in [2.75, 3.05) is 0 Å². The molecular formula is C15H19ClN2. The molecule has 0 spiro atoms. The number of halogens is 1. The van der Waals surface area contributed by atoms with Crippen LogP contribution >= 0.6 is 11.6 Å². The Morgan fingerprint density at radius 3 is 2.50 bits per heavy atom. The number of aromatic nitrogens is 1. The van der Waals surface area contributed by atoms with Gasteiger partial charge in [0.15, 0.2) is 0 Å². The van der Waals surface area contributed by atoms with Gasteiger partial charge in [0.25, 0.3) is 0 Å². The molecule has 1 aromatic heterocycles. The summed E-state index contributed by atoms with van der Waals surface area (Å²) in [6.45, 7) is 6.12. The summed E-state index contributed by atoms with van der Waals surface area (Å²) in [6, 6.07) is 10.7. The van der Waals surface area contributed by atoms with E-state index in [0.29, 0.717) is 6.04 Å². The largest absolute Gasteiger partial charge is 0.350 e. The Balaban J connectivity index is 1.95. The summed E-state index contributed by atoms with van der Waals surface area (Å²) in [5.74, 6) is 0. The minimum atomic E-state index is 0.518. The van der Waals surface area contributed by atoms with Crippen LogP contribution in [0.1, 0.15) is 25.0 Å². The zero-order chi connectivity index (χ0) is 13.0. The zero-order valence-electron chi connectivity index (χ0n) is 10.9. The molecule has 18 heavy (non-hydrogen) atoms. The summed E-state index contributed by atoms with van der Waals surface area (Å²) in [7, 11) is 0. The molecule has 2 rings (SSSR count). The molecule has 2 nitrogen and oxygen atoms in total. The number of nitrogens with zero attached hydrogens (tertiary/aromatic N) is 1. The van der Waals surface area contributed by atoms with Crippen LogP contribution in [0.3, 0.4) is 0 Å². The second-order valence-electron chi connectivity index (χ2n) is 4.85. The predicted octanol–water partition coefficient (Wildman–Crippen LogP) is 3.69. The Morgan fingerprint density at radius 2 is 1.83 bits per heavy atom. The second kappa shape index (κ2) is 6.07. The molecular weight excluding hydrogens is 244 g/mol. The maximum Gasteiger partial charge on any atom is 0.0470 e. The molecule has 0 saturated carbocycles. The van der Waals surface area contributed by atoms with Gasteiger partial charge in [-0.05, 0) is 29.3 Å². The Kier molecular flexibility index (Phi) is 4.45. The topological polar surface area (TPSA) is 17.0 Å². The van der Waals surface area contributed by atoms with Gasteiger partial charge in [-0.25, -0.2) is 0 Å². The minimum Gasteiger partial charge on any atom is -0.350 e. The van der Waals surface area contributed by atoms with E-state index in [2.05, 4.69) is 54.3 Å². The van der Waals surface area contributed by atoms with Crippen molar-refractivity contribution in [3.05, 3.63) is 58.9 Å². The lowest BCUT2D eigenvalue weighted by atomic mass is 10.2. The van der Waals surface area contributed by atoms with Crippen LogP contribution < -0.4 is 5.32 Å². The molecule has 0 bridgehead atoms. The SMILES string of the molecule is CC(C)NCc1ccn(Cc2ccc(Cl)cc2)c1. The highest BCUT2D eigenvalue weighted by molar-refractivity contribution is 6.30. The van der Waals surface area contributed by atoms with Crippen LogP contribution in [-0.4, -0.2) is 10.6 Å². The highest BCUT2D eigenvalue weighted by Gasteiger charge is 1.99. The Bertz CT molecular complexity index is 485. The predicted molar refractivity (Wildman–Crippen MR) is 77.0 cm³/mol. The van der Waals surface area contributed by atoms with E-state index in [0.717, 1.165) is 18.1 Å². The monoisotopic (exact) mass is 262 g/mol. The molecule has 96 valence electrons. The van der Waals surface area contributed by atoms with Gasteiger partial charge in [0.2, 0.25) is 0 Å². The van der Waals surface area contributed by atoms with E-state index in [9.17, 15) is 0 Å². The molecule has 3 heteroatoms. The van der Waals surface area contributed by atoms with Gasteiger partial charge < -0.3 is 9.88 Å². The molecule has 0 atom stereocenters. The summed E-state index contributed by atoms with van der Waals surface area (Å²) in [5, 5.41) is 4.20. The van der Waals surface area contributed by atoms with Crippen molar-refractivity contribution < 1.29 is 0 Å². The first-order valence-electron chi connectivity index (χ1n) is 6.26. The molecule has 0 saturated heterocycles. The van der Waals surface area contributed by atoms with Crippen molar-refractivity contribution >= 4 is 11.6 Å². The van der Waals surface area contributed by atoms with Crippen LogP contribution in [0.2, 0.25) is 5.02 Å². The summed E-state index contributed by atoms with van der Waals surface area (Å²) in [6.07, 6.45) is 4.30. The quantitative estimate of drug-likeness (QED) is 0.870. The standard InChI is InChI=1S/C15H19ClN2/c1-12(2)17-9-14-7-8-18(11-14)10-13-3-5-15(16)6-4-13/h3-8,11-12,17H,9-10H2,1-2H3. The van der Waals surface area contributed by atoms with E-state index in [1.807, 2.05) is 12.1 Å². The van der Waals surface area contributed by atoms with Gasteiger partial charge in [-0.1, -0.05) is 37.6 Å². The molecule has 1 aromatic carbocycles. The maximum atomic E-state index is 5.87. The minimum absolute atomic E-state index is 0.518. The van der Waals surface area contributed by atoms with Gasteiger partial charge >= 0.3 is 0 Å². The lowest BCUT2D eigenvalue weighted by Crippen LogP contribution is -2.21. The van der Waals surface area contributed by atoms with Gasteiger partial charge in [0.1, 0.15) is 0 Å². The van der Waals surface area contributed by atoms with Crippen LogP contribution in [0.4, 0.5) is 0 Å². The molecule has 0 unspecified atom stereocenters. The third-order valence-electron chi connectivity index (χ3n) is 2.80. The summed E-state index contributed by atoms with van der Waals surface area (Å²) >= 11 is 5.87. The fourth-order valence-corrected chi connectivity index (χ4v) is 1.94. The van der Waals surface area contributed by atoms with Crippen molar-refractivity contribution in [3.8, 4) is 0 Å². The first-order chi connectivity index (χ1) is 8.63. The Labute approximate surface area is 114 Å². The number of benzene rings is 1. The van der Waals surface area contributed by atoms with Gasteiger partial charge in [-0.15, -0.1) is 0 Å². The molecule has 0 fully saturated rings. The van der Waals surface area contributed by atoms with E-state index in [-0.39, 0.29) is 0 Å². The molecule has 0 aliphatic heterocycles. The molecule has 0 aliphatic carbocycles. The third kappa shape index (κ3) is 3.90. The van der Waals surface area contributed by atoms with Crippen LogP contribution in [0.15, 0.2) is 42.7 Å². The summed E-state index contributed by atoms with van der Waals surface area (Å²) in [5.41, 5.74) is 2.58. The zero-order valence-corrected chi connectivity index (χ0v) is 11.6. The highest BCUT2D eigenvalue weighted by atomic mass is 35.5. The van der Waals surface area contributed by atoms with E-state index in [1.54, 1.807) is 0 Å². The fourth-order valence-electron chi connectivity index (χ4n) is 1.82. The maximum absolute atomic E-state index is 5.87. The van der Waals surface area contributed by atoms with Gasteiger partial charge in [-0.2, -0.15) is 0 Å². The van der Waals surface area contributed by atoms with Crippen molar-refractivity contribution in [1.82, 2.24) is 9.88 Å². The van der Waals surface area contributed by atoms with Gasteiger partial charge in [0, 0.05) is 36.5 Å². The average molecular weight is 263 g/mol.